The number of halogens is 1. The van der Waals surface area contributed by atoms with E-state index in [0.717, 1.165) is 44.5 Å². The molecule has 0 spiro atoms. The van der Waals surface area contributed by atoms with Crippen LogP contribution in [0.4, 0.5) is 0 Å². The van der Waals surface area contributed by atoms with Crippen molar-refractivity contribution in [2.24, 2.45) is 0 Å². The Balaban J connectivity index is 0.00000220. The van der Waals surface area contributed by atoms with Gasteiger partial charge in [-0.3, -0.25) is 4.79 Å². The van der Waals surface area contributed by atoms with E-state index in [-0.39, 0.29) is 18.4 Å². The molecule has 0 radical (unpaired) electrons. The first kappa shape index (κ1) is 18.0. The maximum atomic E-state index is 12.0. The zero-order valence-electron chi connectivity index (χ0n) is 13.0. The molecule has 1 saturated heterocycles. The Hall–Kier alpha value is -1.06. The number of ether oxygens (including phenoxy) is 1. The van der Waals surface area contributed by atoms with Crippen molar-refractivity contribution in [2.45, 2.75) is 45.1 Å². The van der Waals surface area contributed by atoms with E-state index in [1.807, 2.05) is 25.1 Å². The molecule has 0 atom stereocenters. The van der Waals surface area contributed by atoms with Crippen LogP contribution in [0.25, 0.3) is 0 Å². The molecule has 2 rings (SSSR count). The zero-order chi connectivity index (χ0) is 14.4. The van der Waals surface area contributed by atoms with Gasteiger partial charge in [-0.25, -0.2) is 0 Å². The summed E-state index contributed by atoms with van der Waals surface area (Å²) in [5.74, 6) is -0.0682. The summed E-state index contributed by atoms with van der Waals surface area (Å²) in [5.41, 5.74) is 0.722. The smallest absolute Gasteiger partial charge is 0.306 e. The van der Waals surface area contributed by atoms with Crippen LogP contribution in [0.5, 0.6) is 0 Å². The average Bonchev–Trinajstić information content (AvgIpc) is 2.49. The maximum Gasteiger partial charge on any atom is 0.306 e. The molecule has 1 aromatic carbocycles. The second-order valence-corrected chi connectivity index (χ2v) is 5.52. The Morgan fingerprint density at radius 3 is 2.33 bits per heavy atom. The summed E-state index contributed by atoms with van der Waals surface area (Å²) in [6, 6.07) is 10.2. The van der Waals surface area contributed by atoms with Crippen molar-refractivity contribution in [2.75, 3.05) is 19.6 Å². The molecule has 21 heavy (non-hydrogen) atoms. The Labute approximate surface area is 134 Å². The lowest BCUT2D eigenvalue weighted by Crippen LogP contribution is -2.45. The first-order valence-electron chi connectivity index (χ1n) is 7.70. The van der Waals surface area contributed by atoms with Gasteiger partial charge >= 0.3 is 5.97 Å². The third-order valence-electron chi connectivity index (χ3n) is 4.17. The monoisotopic (exact) mass is 311 g/mol. The Kier molecular flexibility index (Phi) is 7.20. The van der Waals surface area contributed by atoms with Crippen molar-refractivity contribution in [3.8, 4) is 0 Å². The number of benzene rings is 1. The van der Waals surface area contributed by atoms with E-state index in [1.165, 1.54) is 0 Å². The van der Waals surface area contributed by atoms with Crippen molar-refractivity contribution < 1.29 is 9.53 Å². The number of hydrogen-bond donors (Lipinski definition) is 0. The first-order valence-corrected chi connectivity index (χ1v) is 7.70. The van der Waals surface area contributed by atoms with Gasteiger partial charge in [0.25, 0.3) is 0 Å². The Morgan fingerprint density at radius 1 is 1.19 bits per heavy atom. The van der Waals surface area contributed by atoms with E-state index in [1.54, 1.807) is 0 Å². The van der Waals surface area contributed by atoms with Crippen LogP contribution in [-0.2, 0) is 15.1 Å². The fourth-order valence-corrected chi connectivity index (χ4v) is 2.90. The molecule has 4 heteroatoms. The molecule has 0 bridgehead atoms. The SMILES string of the molecule is CCCC(=O)OC1(c2ccccc2)CCN(CC)CC1.Cl. The van der Waals surface area contributed by atoms with Crippen LogP contribution in [0.2, 0.25) is 0 Å². The van der Waals surface area contributed by atoms with Gasteiger partial charge in [0, 0.05) is 32.4 Å². The van der Waals surface area contributed by atoms with Gasteiger partial charge in [-0.2, -0.15) is 0 Å². The van der Waals surface area contributed by atoms with Gasteiger partial charge in [0.1, 0.15) is 5.60 Å². The average molecular weight is 312 g/mol. The number of carbonyl (C=O) groups excluding carboxylic acids is 1. The van der Waals surface area contributed by atoms with Crippen LogP contribution in [-0.4, -0.2) is 30.5 Å². The van der Waals surface area contributed by atoms with Crippen LogP contribution in [0, 0.1) is 0 Å². The molecule has 3 nitrogen and oxygen atoms in total. The molecule has 0 saturated carbocycles. The minimum atomic E-state index is -0.417. The van der Waals surface area contributed by atoms with E-state index < -0.39 is 5.60 Å². The van der Waals surface area contributed by atoms with Gasteiger partial charge in [0.15, 0.2) is 0 Å². The highest BCUT2D eigenvalue weighted by Crippen LogP contribution is 2.37. The molecule has 1 aromatic rings. The zero-order valence-corrected chi connectivity index (χ0v) is 13.8. The summed E-state index contributed by atoms with van der Waals surface area (Å²) in [7, 11) is 0. The van der Waals surface area contributed by atoms with Gasteiger partial charge in [-0.15, -0.1) is 12.4 Å². The minimum Gasteiger partial charge on any atom is -0.454 e. The molecule has 1 aliphatic rings. The van der Waals surface area contributed by atoms with E-state index in [2.05, 4.69) is 24.0 Å². The largest absolute Gasteiger partial charge is 0.454 e. The summed E-state index contributed by atoms with van der Waals surface area (Å²) in [4.78, 5) is 14.4. The second-order valence-electron chi connectivity index (χ2n) is 5.52. The maximum absolute atomic E-state index is 12.0. The van der Waals surface area contributed by atoms with Crippen LogP contribution in [0.1, 0.15) is 45.1 Å². The van der Waals surface area contributed by atoms with E-state index in [0.29, 0.717) is 6.42 Å². The van der Waals surface area contributed by atoms with Gasteiger partial charge in [0.05, 0.1) is 0 Å². The lowest BCUT2D eigenvalue weighted by Gasteiger charge is -2.41. The molecule has 1 fully saturated rings. The van der Waals surface area contributed by atoms with Crippen molar-refractivity contribution >= 4 is 18.4 Å². The number of rotatable bonds is 5. The third-order valence-corrected chi connectivity index (χ3v) is 4.17. The van der Waals surface area contributed by atoms with E-state index in [4.69, 9.17) is 4.74 Å². The standard InChI is InChI=1S/C17H25NO2.ClH/c1-3-8-16(19)20-17(15-9-6-5-7-10-15)11-13-18(4-2)14-12-17;/h5-7,9-10H,3-4,8,11-14H2,1-2H3;1H. The normalized spacial score (nSPS) is 17.8. The molecule has 0 aliphatic carbocycles. The molecule has 0 N–H and O–H groups in total. The van der Waals surface area contributed by atoms with Crippen LogP contribution >= 0.6 is 12.4 Å². The van der Waals surface area contributed by atoms with E-state index in [9.17, 15) is 4.79 Å². The number of esters is 1. The van der Waals surface area contributed by atoms with Gasteiger partial charge < -0.3 is 9.64 Å². The Morgan fingerprint density at radius 2 is 1.81 bits per heavy atom. The lowest BCUT2D eigenvalue weighted by molar-refractivity contribution is -0.167. The molecular formula is C17H26ClNO2. The molecule has 118 valence electrons. The Bertz CT molecular complexity index is 428. The van der Waals surface area contributed by atoms with Crippen molar-refractivity contribution in [1.82, 2.24) is 4.90 Å². The van der Waals surface area contributed by atoms with Gasteiger partial charge in [-0.1, -0.05) is 44.2 Å². The topological polar surface area (TPSA) is 29.5 Å². The predicted molar refractivity (Wildman–Crippen MR) is 87.7 cm³/mol. The quantitative estimate of drug-likeness (QED) is 0.775. The van der Waals surface area contributed by atoms with Crippen molar-refractivity contribution in [1.29, 1.82) is 0 Å². The highest BCUT2D eigenvalue weighted by Gasteiger charge is 2.39. The summed E-state index contributed by atoms with van der Waals surface area (Å²) in [6.07, 6.45) is 3.12. The number of nitrogens with zero attached hydrogens (tertiary/aromatic N) is 1. The number of hydrogen-bond acceptors (Lipinski definition) is 3. The second kappa shape index (κ2) is 8.40. The summed E-state index contributed by atoms with van der Waals surface area (Å²) < 4.78 is 5.93. The molecule has 1 heterocycles. The molecule has 0 amide bonds. The fourth-order valence-electron chi connectivity index (χ4n) is 2.90. The molecular weight excluding hydrogens is 286 g/mol. The highest BCUT2D eigenvalue weighted by molar-refractivity contribution is 5.85. The van der Waals surface area contributed by atoms with Gasteiger partial charge in [0.2, 0.25) is 0 Å². The first-order chi connectivity index (χ1) is 9.70. The summed E-state index contributed by atoms with van der Waals surface area (Å²) in [6.45, 7) is 7.23. The van der Waals surface area contributed by atoms with Crippen LogP contribution in [0.15, 0.2) is 30.3 Å². The minimum absolute atomic E-state index is 0. The molecule has 0 aromatic heterocycles. The van der Waals surface area contributed by atoms with Crippen molar-refractivity contribution in [3.05, 3.63) is 35.9 Å². The molecule has 1 aliphatic heterocycles. The number of carbonyl (C=O) groups is 1. The van der Waals surface area contributed by atoms with Crippen LogP contribution < -0.4 is 0 Å². The van der Waals surface area contributed by atoms with E-state index >= 15 is 0 Å². The summed E-state index contributed by atoms with van der Waals surface area (Å²) in [5, 5.41) is 0. The summed E-state index contributed by atoms with van der Waals surface area (Å²) >= 11 is 0. The predicted octanol–water partition coefficient (Wildman–Crippen LogP) is 3.76. The van der Waals surface area contributed by atoms with Gasteiger partial charge in [-0.05, 0) is 18.5 Å². The molecule has 0 unspecified atom stereocenters. The fraction of sp³-hybridized carbons (Fsp3) is 0.588. The number of likely N-dealkylation sites (tertiary alicyclic amines) is 1. The highest BCUT2D eigenvalue weighted by atomic mass is 35.5. The van der Waals surface area contributed by atoms with Crippen molar-refractivity contribution in [3.63, 3.8) is 0 Å². The third kappa shape index (κ3) is 4.45. The number of piperidine rings is 1. The van der Waals surface area contributed by atoms with Crippen LogP contribution in [0.3, 0.4) is 0 Å². The lowest BCUT2D eigenvalue weighted by atomic mass is 9.84.